The maximum absolute atomic E-state index is 5.06. The Morgan fingerprint density at radius 3 is 2.29 bits per heavy atom. The summed E-state index contributed by atoms with van der Waals surface area (Å²) in [6.45, 7) is 13.7. The van der Waals surface area contributed by atoms with E-state index in [0.29, 0.717) is 0 Å². The predicted molar refractivity (Wildman–Crippen MR) is 121 cm³/mol. The van der Waals surface area contributed by atoms with Gasteiger partial charge in [-0.05, 0) is 49.0 Å². The summed E-state index contributed by atoms with van der Waals surface area (Å²) in [7, 11) is 0. The highest BCUT2D eigenvalue weighted by atomic mass is 15.1. The topological polar surface area (TPSA) is 17.8 Å². The van der Waals surface area contributed by atoms with E-state index in [-0.39, 0.29) is 0 Å². The van der Waals surface area contributed by atoms with Crippen molar-refractivity contribution in [3.8, 4) is 11.3 Å². The zero-order chi connectivity index (χ0) is 20.1. The smallest absolute Gasteiger partial charge is 0.110 e. The van der Waals surface area contributed by atoms with Crippen LogP contribution in [0.25, 0.3) is 16.8 Å². The Labute approximate surface area is 170 Å². The Morgan fingerprint density at radius 1 is 1.00 bits per heavy atom. The maximum Gasteiger partial charge on any atom is 0.110 e. The van der Waals surface area contributed by atoms with Gasteiger partial charge >= 0.3 is 0 Å². The van der Waals surface area contributed by atoms with Crippen molar-refractivity contribution in [2.75, 3.05) is 0 Å². The molecule has 0 saturated carbocycles. The Morgan fingerprint density at radius 2 is 1.68 bits per heavy atom. The molecule has 0 bridgehead atoms. The van der Waals surface area contributed by atoms with Gasteiger partial charge in [0, 0.05) is 18.5 Å². The van der Waals surface area contributed by atoms with Crippen LogP contribution in [0.2, 0.25) is 0 Å². The van der Waals surface area contributed by atoms with Crippen LogP contribution < -0.4 is 0 Å². The molecule has 146 valence electrons. The largest absolute Gasteiger partial charge is 0.323 e. The van der Waals surface area contributed by atoms with Crippen molar-refractivity contribution in [2.24, 2.45) is 0 Å². The summed E-state index contributed by atoms with van der Waals surface area (Å²) < 4.78 is 2.42. The number of hydrogen-bond donors (Lipinski definition) is 0. The van der Waals surface area contributed by atoms with E-state index >= 15 is 0 Å². The Bertz CT molecular complexity index is 945. The lowest BCUT2D eigenvalue weighted by Gasteiger charge is -2.15. The molecule has 0 amide bonds. The lowest BCUT2D eigenvalue weighted by Crippen LogP contribution is -2.08. The monoisotopic (exact) mass is 372 g/mol. The van der Waals surface area contributed by atoms with Crippen molar-refractivity contribution in [3.05, 3.63) is 83.3 Å². The van der Waals surface area contributed by atoms with E-state index in [1.165, 1.54) is 34.4 Å². The summed E-state index contributed by atoms with van der Waals surface area (Å²) in [4.78, 5) is 5.06. The standard InChI is InChI=1S/C26H32N2/c1-6-8-13-24-27-25(19(3)4)26(23-12-10-9-11-20(23)5)28(24)18-22-16-14-21(7-2)15-17-22/h9-12,14-17H,3,6-8,13,18H2,1-2,4-5H3. The van der Waals surface area contributed by atoms with Gasteiger partial charge in [-0.2, -0.15) is 0 Å². The van der Waals surface area contributed by atoms with Crippen LogP contribution in [0.1, 0.15) is 61.8 Å². The second-order valence-corrected chi connectivity index (χ2v) is 7.68. The highest BCUT2D eigenvalue weighted by Gasteiger charge is 2.20. The van der Waals surface area contributed by atoms with Gasteiger partial charge in [-0.1, -0.05) is 75.4 Å². The fourth-order valence-corrected chi connectivity index (χ4v) is 3.67. The number of aryl methyl sites for hydroxylation is 3. The van der Waals surface area contributed by atoms with Gasteiger partial charge < -0.3 is 4.57 Å². The molecule has 0 fully saturated rings. The zero-order valence-corrected chi connectivity index (χ0v) is 17.8. The summed E-state index contributed by atoms with van der Waals surface area (Å²) in [6, 6.07) is 17.6. The molecule has 0 aliphatic rings. The van der Waals surface area contributed by atoms with Crippen LogP contribution in [-0.4, -0.2) is 9.55 Å². The Kier molecular flexibility index (Phi) is 6.51. The van der Waals surface area contributed by atoms with Gasteiger partial charge in [0.25, 0.3) is 0 Å². The van der Waals surface area contributed by atoms with Crippen molar-refractivity contribution >= 4 is 5.57 Å². The molecular weight excluding hydrogens is 340 g/mol. The molecule has 0 radical (unpaired) electrons. The molecule has 3 aromatic rings. The van der Waals surface area contributed by atoms with Crippen LogP contribution in [0.15, 0.2) is 55.1 Å². The first-order valence-corrected chi connectivity index (χ1v) is 10.4. The van der Waals surface area contributed by atoms with Crippen LogP contribution in [-0.2, 0) is 19.4 Å². The summed E-state index contributed by atoms with van der Waals surface area (Å²) in [6.07, 6.45) is 4.38. The summed E-state index contributed by atoms with van der Waals surface area (Å²) >= 11 is 0. The van der Waals surface area contributed by atoms with Gasteiger partial charge in [0.1, 0.15) is 5.82 Å². The molecule has 0 saturated heterocycles. The van der Waals surface area contributed by atoms with Crippen molar-refractivity contribution in [2.45, 2.75) is 59.9 Å². The van der Waals surface area contributed by atoms with Gasteiger partial charge in [-0.25, -0.2) is 4.98 Å². The molecule has 2 nitrogen and oxygen atoms in total. The molecule has 0 atom stereocenters. The van der Waals surface area contributed by atoms with E-state index in [4.69, 9.17) is 4.98 Å². The fraction of sp³-hybridized carbons (Fsp3) is 0.346. The van der Waals surface area contributed by atoms with Gasteiger partial charge in [0.05, 0.1) is 11.4 Å². The number of benzene rings is 2. The highest BCUT2D eigenvalue weighted by Crippen LogP contribution is 2.32. The van der Waals surface area contributed by atoms with E-state index in [9.17, 15) is 0 Å². The van der Waals surface area contributed by atoms with Crippen molar-refractivity contribution in [1.82, 2.24) is 9.55 Å². The Balaban J connectivity index is 2.15. The second kappa shape index (κ2) is 9.05. The summed E-state index contributed by atoms with van der Waals surface area (Å²) in [5, 5.41) is 0. The molecule has 3 rings (SSSR count). The minimum absolute atomic E-state index is 0.840. The summed E-state index contributed by atoms with van der Waals surface area (Å²) in [5.41, 5.74) is 8.48. The summed E-state index contributed by atoms with van der Waals surface area (Å²) in [5.74, 6) is 1.16. The third kappa shape index (κ3) is 4.27. The number of unbranched alkanes of at least 4 members (excludes halogenated alkanes) is 1. The number of imidazole rings is 1. The molecule has 0 aliphatic carbocycles. The van der Waals surface area contributed by atoms with Crippen LogP contribution in [0.3, 0.4) is 0 Å². The lowest BCUT2D eigenvalue weighted by molar-refractivity contribution is 0.681. The average molecular weight is 373 g/mol. The Hall–Kier alpha value is -2.61. The molecule has 0 unspecified atom stereocenters. The fourth-order valence-electron chi connectivity index (χ4n) is 3.67. The van der Waals surface area contributed by atoms with E-state index in [1.54, 1.807) is 0 Å². The van der Waals surface area contributed by atoms with Gasteiger partial charge in [0.2, 0.25) is 0 Å². The lowest BCUT2D eigenvalue weighted by atomic mass is 10.0. The molecule has 1 heterocycles. The van der Waals surface area contributed by atoms with Crippen molar-refractivity contribution in [1.29, 1.82) is 0 Å². The molecule has 2 aromatic carbocycles. The maximum atomic E-state index is 5.06. The van der Waals surface area contributed by atoms with Crippen LogP contribution in [0.4, 0.5) is 0 Å². The zero-order valence-electron chi connectivity index (χ0n) is 17.8. The van der Waals surface area contributed by atoms with E-state index < -0.39 is 0 Å². The first-order valence-electron chi connectivity index (χ1n) is 10.4. The van der Waals surface area contributed by atoms with Gasteiger partial charge in [-0.15, -0.1) is 0 Å². The minimum atomic E-state index is 0.840. The first-order chi connectivity index (χ1) is 13.5. The normalized spacial score (nSPS) is 11.0. The van der Waals surface area contributed by atoms with Gasteiger partial charge in [0.15, 0.2) is 0 Å². The first kappa shape index (κ1) is 20.1. The third-order valence-electron chi connectivity index (χ3n) is 5.38. The average Bonchev–Trinajstić information content (AvgIpc) is 3.05. The highest BCUT2D eigenvalue weighted by molar-refractivity contribution is 5.77. The minimum Gasteiger partial charge on any atom is -0.323 e. The molecular formula is C26H32N2. The molecule has 2 heteroatoms. The van der Waals surface area contributed by atoms with Crippen LogP contribution in [0, 0.1) is 6.92 Å². The quantitative estimate of drug-likeness (QED) is 0.423. The van der Waals surface area contributed by atoms with E-state index in [2.05, 4.69) is 87.4 Å². The molecule has 0 N–H and O–H groups in total. The number of hydrogen-bond acceptors (Lipinski definition) is 1. The predicted octanol–water partition coefficient (Wildman–Crippen LogP) is 6.84. The van der Waals surface area contributed by atoms with Crippen LogP contribution >= 0.6 is 0 Å². The number of aromatic nitrogens is 2. The van der Waals surface area contributed by atoms with Gasteiger partial charge in [-0.3, -0.25) is 0 Å². The number of nitrogens with zero attached hydrogens (tertiary/aromatic N) is 2. The van der Waals surface area contributed by atoms with Crippen molar-refractivity contribution in [3.63, 3.8) is 0 Å². The number of allylic oxidation sites excluding steroid dienone is 1. The van der Waals surface area contributed by atoms with Crippen molar-refractivity contribution < 1.29 is 0 Å². The SMILES string of the molecule is C=C(C)c1nc(CCCC)n(Cc2ccc(CC)cc2)c1-c1ccccc1C. The van der Waals surface area contributed by atoms with E-state index in [1.807, 2.05) is 0 Å². The van der Waals surface area contributed by atoms with Crippen LogP contribution in [0.5, 0.6) is 0 Å². The molecule has 28 heavy (non-hydrogen) atoms. The molecule has 1 aromatic heterocycles. The number of rotatable bonds is 8. The third-order valence-corrected chi connectivity index (χ3v) is 5.38. The molecule has 0 spiro atoms. The van der Waals surface area contributed by atoms with E-state index in [0.717, 1.165) is 42.9 Å². The molecule has 0 aliphatic heterocycles. The second-order valence-electron chi connectivity index (χ2n) is 7.68.